The van der Waals surface area contributed by atoms with Crippen molar-refractivity contribution in [1.29, 1.82) is 0 Å². The lowest BCUT2D eigenvalue weighted by Gasteiger charge is -2.14. The van der Waals surface area contributed by atoms with Gasteiger partial charge in [-0.25, -0.2) is 0 Å². The molecule has 0 N–H and O–H groups in total. The van der Waals surface area contributed by atoms with Gasteiger partial charge in [0, 0.05) is 6.42 Å². The number of benzene rings is 1. The Morgan fingerprint density at radius 1 is 1.05 bits per heavy atom. The van der Waals surface area contributed by atoms with Crippen molar-refractivity contribution < 1.29 is 19.0 Å². The standard InChI is InChI=1S/C17H24O4/c1-12(2)6-7-13-10-15(19-3)16(20-4)11-14(13)8-9-17(18)21-5/h6,10-11H,7-9H2,1-5H3. The molecule has 0 unspecified atom stereocenters. The minimum Gasteiger partial charge on any atom is -0.493 e. The fraction of sp³-hybridized carbons (Fsp3) is 0.471. The van der Waals surface area contributed by atoms with Crippen molar-refractivity contribution in [1.82, 2.24) is 0 Å². The number of carbonyl (C=O) groups is 1. The Morgan fingerprint density at radius 2 is 1.62 bits per heavy atom. The molecule has 4 nitrogen and oxygen atoms in total. The Kier molecular flexibility index (Phi) is 6.79. The van der Waals surface area contributed by atoms with E-state index in [2.05, 4.69) is 19.9 Å². The van der Waals surface area contributed by atoms with Gasteiger partial charge in [0.1, 0.15) is 0 Å². The van der Waals surface area contributed by atoms with Crippen molar-refractivity contribution in [2.75, 3.05) is 21.3 Å². The predicted octanol–water partition coefficient (Wildman–Crippen LogP) is 3.32. The maximum atomic E-state index is 11.4. The Hall–Kier alpha value is -1.97. The normalized spacial score (nSPS) is 9.95. The molecule has 0 aliphatic carbocycles. The third kappa shape index (κ3) is 5.14. The van der Waals surface area contributed by atoms with Gasteiger partial charge in [0.15, 0.2) is 11.5 Å². The average molecular weight is 292 g/mol. The minimum atomic E-state index is -0.210. The molecule has 0 spiro atoms. The zero-order valence-electron chi connectivity index (χ0n) is 13.5. The minimum absolute atomic E-state index is 0.210. The number of ether oxygens (including phenoxy) is 3. The topological polar surface area (TPSA) is 44.8 Å². The Balaban J connectivity index is 3.10. The molecular weight excluding hydrogens is 268 g/mol. The second-order valence-electron chi connectivity index (χ2n) is 5.04. The van der Waals surface area contributed by atoms with E-state index < -0.39 is 0 Å². The van der Waals surface area contributed by atoms with Crippen molar-refractivity contribution >= 4 is 5.97 Å². The van der Waals surface area contributed by atoms with Crippen LogP contribution in [0.1, 0.15) is 31.4 Å². The van der Waals surface area contributed by atoms with Gasteiger partial charge < -0.3 is 14.2 Å². The summed E-state index contributed by atoms with van der Waals surface area (Å²) in [4.78, 5) is 11.4. The van der Waals surface area contributed by atoms with E-state index >= 15 is 0 Å². The van der Waals surface area contributed by atoms with E-state index in [0.29, 0.717) is 24.3 Å². The first-order valence-corrected chi connectivity index (χ1v) is 6.95. The van der Waals surface area contributed by atoms with Crippen LogP contribution in [0.2, 0.25) is 0 Å². The van der Waals surface area contributed by atoms with Crippen LogP contribution >= 0.6 is 0 Å². The Bertz CT molecular complexity index is 514. The molecular formula is C17H24O4. The number of rotatable bonds is 7. The lowest BCUT2D eigenvalue weighted by molar-refractivity contribution is -0.140. The maximum absolute atomic E-state index is 11.4. The summed E-state index contributed by atoms with van der Waals surface area (Å²) >= 11 is 0. The smallest absolute Gasteiger partial charge is 0.305 e. The summed E-state index contributed by atoms with van der Waals surface area (Å²) in [6.45, 7) is 4.13. The summed E-state index contributed by atoms with van der Waals surface area (Å²) in [5.74, 6) is 1.17. The fourth-order valence-electron chi connectivity index (χ4n) is 2.04. The van der Waals surface area contributed by atoms with Gasteiger partial charge in [-0.1, -0.05) is 11.6 Å². The van der Waals surface area contributed by atoms with Crippen LogP contribution in [-0.2, 0) is 22.4 Å². The third-order valence-corrected chi connectivity index (χ3v) is 3.26. The Morgan fingerprint density at radius 3 is 2.10 bits per heavy atom. The van der Waals surface area contributed by atoms with Gasteiger partial charge in [-0.3, -0.25) is 4.79 Å². The summed E-state index contributed by atoms with van der Waals surface area (Å²) < 4.78 is 15.4. The van der Waals surface area contributed by atoms with E-state index in [0.717, 1.165) is 17.5 Å². The molecule has 1 aromatic rings. The molecule has 0 amide bonds. The molecule has 4 heteroatoms. The lowest BCUT2D eigenvalue weighted by atomic mass is 9.98. The van der Waals surface area contributed by atoms with Crippen LogP contribution in [-0.4, -0.2) is 27.3 Å². The molecule has 0 radical (unpaired) electrons. The zero-order valence-corrected chi connectivity index (χ0v) is 13.5. The highest BCUT2D eigenvalue weighted by Gasteiger charge is 2.12. The molecule has 1 rings (SSSR count). The molecule has 0 aliphatic rings. The zero-order chi connectivity index (χ0) is 15.8. The predicted molar refractivity (Wildman–Crippen MR) is 83.0 cm³/mol. The highest BCUT2D eigenvalue weighted by Crippen LogP contribution is 2.31. The third-order valence-electron chi connectivity index (χ3n) is 3.26. The van der Waals surface area contributed by atoms with Crippen LogP contribution in [0.4, 0.5) is 0 Å². The van der Waals surface area contributed by atoms with E-state index in [1.807, 2.05) is 12.1 Å². The highest BCUT2D eigenvalue weighted by molar-refractivity contribution is 5.69. The van der Waals surface area contributed by atoms with E-state index in [1.54, 1.807) is 14.2 Å². The lowest BCUT2D eigenvalue weighted by Crippen LogP contribution is -2.04. The monoisotopic (exact) mass is 292 g/mol. The average Bonchev–Trinajstić information content (AvgIpc) is 2.49. The van der Waals surface area contributed by atoms with Crippen molar-refractivity contribution in [3.8, 4) is 11.5 Å². The van der Waals surface area contributed by atoms with E-state index in [1.165, 1.54) is 12.7 Å². The number of carbonyl (C=O) groups excluding carboxylic acids is 1. The van der Waals surface area contributed by atoms with Crippen molar-refractivity contribution in [3.05, 3.63) is 34.9 Å². The number of hydrogen-bond acceptors (Lipinski definition) is 4. The summed E-state index contributed by atoms with van der Waals surface area (Å²) in [6, 6.07) is 3.92. The first-order chi connectivity index (χ1) is 10.0. The fourth-order valence-corrected chi connectivity index (χ4v) is 2.04. The molecule has 1 aromatic carbocycles. The van der Waals surface area contributed by atoms with E-state index in [9.17, 15) is 4.79 Å². The summed E-state index contributed by atoms with van der Waals surface area (Å²) in [7, 11) is 4.63. The first-order valence-electron chi connectivity index (χ1n) is 6.95. The largest absolute Gasteiger partial charge is 0.493 e. The van der Waals surface area contributed by atoms with Crippen LogP contribution in [0.5, 0.6) is 11.5 Å². The number of esters is 1. The molecule has 0 bridgehead atoms. The molecule has 21 heavy (non-hydrogen) atoms. The molecule has 116 valence electrons. The second kappa shape index (κ2) is 8.35. The highest BCUT2D eigenvalue weighted by atomic mass is 16.5. The first kappa shape index (κ1) is 17.1. The SMILES string of the molecule is COC(=O)CCc1cc(OC)c(OC)cc1CC=C(C)C. The number of methoxy groups -OCH3 is 3. The number of hydrogen-bond donors (Lipinski definition) is 0. The van der Waals surface area contributed by atoms with Gasteiger partial charge in [-0.2, -0.15) is 0 Å². The molecule has 0 heterocycles. The van der Waals surface area contributed by atoms with Crippen LogP contribution in [0, 0.1) is 0 Å². The van der Waals surface area contributed by atoms with Crippen molar-refractivity contribution in [2.24, 2.45) is 0 Å². The van der Waals surface area contributed by atoms with Crippen LogP contribution in [0.3, 0.4) is 0 Å². The van der Waals surface area contributed by atoms with E-state index in [-0.39, 0.29) is 5.97 Å². The van der Waals surface area contributed by atoms with Gasteiger partial charge in [0.2, 0.25) is 0 Å². The molecule has 0 saturated heterocycles. The second-order valence-corrected chi connectivity index (χ2v) is 5.04. The van der Waals surface area contributed by atoms with Crippen molar-refractivity contribution in [3.63, 3.8) is 0 Å². The van der Waals surface area contributed by atoms with Crippen LogP contribution < -0.4 is 9.47 Å². The number of allylic oxidation sites excluding steroid dienone is 2. The summed E-state index contributed by atoms with van der Waals surface area (Å²) in [5.41, 5.74) is 3.47. The van der Waals surface area contributed by atoms with Gasteiger partial charge >= 0.3 is 5.97 Å². The Labute approximate surface area is 126 Å². The van der Waals surface area contributed by atoms with Gasteiger partial charge in [0.25, 0.3) is 0 Å². The van der Waals surface area contributed by atoms with Crippen molar-refractivity contribution in [2.45, 2.75) is 33.1 Å². The molecule has 0 saturated carbocycles. The number of aryl methyl sites for hydroxylation is 1. The molecule has 0 fully saturated rings. The molecule has 0 aromatic heterocycles. The van der Waals surface area contributed by atoms with Gasteiger partial charge in [-0.15, -0.1) is 0 Å². The quantitative estimate of drug-likeness (QED) is 0.571. The molecule has 0 aliphatic heterocycles. The van der Waals surface area contributed by atoms with Crippen LogP contribution in [0.15, 0.2) is 23.8 Å². The summed E-state index contributed by atoms with van der Waals surface area (Å²) in [6.07, 6.45) is 3.94. The van der Waals surface area contributed by atoms with Gasteiger partial charge in [-0.05, 0) is 49.9 Å². The van der Waals surface area contributed by atoms with Crippen LogP contribution in [0.25, 0.3) is 0 Å². The molecule has 0 atom stereocenters. The van der Waals surface area contributed by atoms with E-state index in [4.69, 9.17) is 14.2 Å². The van der Waals surface area contributed by atoms with Gasteiger partial charge in [0.05, 0.1) is 21.3 Å². The maximum Gasteiger partial charge on any atom is 0.305 e. The summed E-state index contributed by atoms with van der Waals surface area (Å²) in [5, 5.41) is 0.